The molecule has 96 valence electrons. The number of benzene rings is 1. The summed E-state index contributed by atoms with van der Waals surface area (Å²) in [5.41, 5.74) is 1.23. The number of aliphatic hydroxyl groups excluding tert-OH is 1. The van der Waals surface area contributed by atoms with E-state index in [9.17, 15) is 5.11 Å². The molecule has 0 aliphatic carbocycles. The maximum atomic E-state index is 9.64. The molecular formula is C14H23NO2. The number of rotatable bonds is 9. The Morgan fingerprint density at radius 1 is 1.29 bits per heavy atom. The fraction of sp³-hybridized carbons (Fsp3) is 0.571. The van der Waals surface area contributed by atoms with Gasteiger partial charge in [0.15, 0.2) is 0 Å². The summed E-state index contributed by atoms with van der Waals surface area (Å²) < 4.78 is 5.35. The Morgan fingerprint density at radius 3 is 2.76 bits per heavy atom. The second-order valence-electron chi connectivity index (χ2n) is 4.20. The number of nitrogens with one attached hydrogen (secondary N) is 1. The third-order valence-electron chi connectivity index (χ3n) is 2.50. The summed E-state index contributed by atoms with van der Waals surface area (Å²) in [6.07, 6.45) is 1.77. The van der Waals surface area contributed by atoms with Crippen molar-refractivity contribution in [1.29, 1.82) is 0 Å². The van der Waals surface area contributed by atoms with Crippen LogP contribution in [0.1, 0.15) is 25.3 Å². The lowest BCUT2D eigenvalue weighted by Gasteiger charge is -2.12. The van der Waals surface area contributed by atoms with Crippen molar-refractivity contribution >= 4 is 0 Å². The quantitative estimate of drug-likeness (QED) is 0.645. The van der Waals surface area contributed by atoms with Crippen molar-refractivity contribution in [2.75, 3.05) is 19.8 Å². The highest BCUT2D eigenvalue weighted by Gasteiger charge is 2.03. The van der Waals surface area contributed by atoms with Gasteiger partial charge in [-0.05, 0) is 12.0 Å². The van der Waals surface area contributed by atoms with Crippen LogP contribution < -0.4 is 5.32 Å². The Bertz CT molecular complexity index is 277. The molecule has 3 heteroatoms. The first-order valence-electron chi connectivity index (χ1n) is 6.33. The molecule has 0 fully saturated rings. The maximum absolute atomic E-state index is 9.64. The fourth-order valence-electron chi connectivity index (χ4n) is 1.50. The van der Waals surface area contributed by atoms with Gasteiger partial charge in [0.25, 0.3) is 0 Å². The summed E-state index contributed by atoms with van der Waals surface area (Å²) in [7, 11) is 0. The summed E-state index contributed by atoms with van der Waals surface area (Å²) in [5, 5.41) is 12.9. The predicted molar refractivity (Wildman–Crippen MR) is 69.9 cm³/mol. The molecule has 0 heterocycles. The number of aliphatic hydroxyl groups is 1. The van der Waals surface area contributed by atoms with Crippen LogP contribution in [-0.4, -0.2) is 31.0 Å². The normalized spacial score (nSPS) is 12.6. The van der Waals surface area contributed by atoms with Crippen LogP contribution in [0.5, 0.6) is 0 Å². The van der Waals surface area contributed by atoms with Crippen LogP contribution in [0.2, 0.25) is 0 Å². The van der Waals surface area contributed by atoms with Crippen molar-refractivity contribution in [3.05, 3.63) is 35.9 Å². The average Bonchev–Trinajstić information content (AvgIpc) is 2.36. The molecule has 1 aromatic rings. The van der Waals surface area contributed by atoms with Gasteiger partial charge in [-0.15, -0.1) is 0 Å². The topological polar surface area (TPSA) is 41.5 Å². The monoisotopic (exact) mass is 237 g/mol. The molecule has 1 aromatic carbocycles. The molecule has 0 saturated heterocycles. The van der Waals surface area contributed by atoms with Gasteiger partial charge in [0.1, 0.15) is 0 Å². The van der Waals surface area contributed by atoms with Gasteiger partial charge in [0.2, 0.25) is 0 Å². The van der Waals surface area contributed by atoms with E-state index in [0.29, 0.717) is 13.2 Å². The lowest BCUT2D eigenvalue weighted by molar-refractivity contribution is 0.0358. The van der Waals surface area contributed by atoms with Gasteiger partial charge < -0.3 is 15.2 Å². The van der Waals surface area contributed by atoms with E-state index < -0.39 is 6.10 Å². The van der Waals surface area contributed by atoms with E-state index in [2.05, 4.69) is 24.4 Å². The Kier molecular flexibility index (Phi) is 7.63. The van der Waals surface area contributed by atoms with Gasteiger partial charge in [0, 0.05) is 19.7 Å². The first-order chi connectivity index (χ1) is 8.33. The van der Waals surface area contributed by atoms with Crippen LogP contribution in [0.15, 0.2) is 30.3 Å². The van der Waals surface area contributed by atoms with Crippen LogP contribution in [0.25, 0.3) is 0 Å². The van der Waals surface area contributed by atoms with E-state index in [-0.39, 0.29) is 0 Å². The minimum Gasteiger partial charge on any atom is -0.389 e. The van der Waals surface area contributed by atoms with Gasteiger partial charge in [0.05, 0.1) is 12.7 Å². The summed E-state index contributed by atoms with van der Waals surface area (Å²) in [4.78, 5) is 0. The smallest absolute Gasteiger partial charge is 0.0897 e. The van der Waals surface area contributed by atoms with E-state index in [1.54, 1.807) is 0 Å². The van der Waals surface area contributed by atoms with E-state index in [4.69, 9.17) is 4.74 Å². The van der Waals surface area contributed by atoms with Gasteiger partial charge in [-0.1, -0.05) is 43.7 Å². The highest BCUT2D eigenvalue weighted by Crippen LogP contribution is 1.97. The van der Waals surface area contributed by atoms with Crippen molar-refractivity contribution in [1.82, 2.24) is 5.32 Å². The van der Waals surface area contributed by atoms with Crippen molar-refractivity contribution in [2.45, 2.75) is 32.4 Å². The lowest BCUT2D eigenvalue weighted by Crippen LogP contribution is -2.30. The number of hydrogen-bond acceptors (Lipinski definition) is 3. The standard InChI is InChI=1S/C14H23NO2/c1-2-3-9-17-12-14(16)11-15-10-13-7-5-4-6-8-13/h4-8,14-16H,2-3,9-12H2,1H3. The van der Waals surface area contributed by atoms with Crippen LogP contribution in [0, 0.1) is 0 Å². The molecule has 1 unspecified atom stereocenters. The molecule has 2 N–H and O–H groups in total. The summed E-state index contributed by atoms with van der Waals surface area (Å²) in [6, 6.07) is 10.2. The molecule has 0 amide bonds. The third kappa shape index (κ3) is 7.10. The Balaban J connectivity index is 2.02. The Labute approximate surface area is 104 Å². The van der Waals surface area contributed by atoms with Crippen molar-refractivity contribution in [3.63, 3.8) is 0 Å². The minimum atomic E-state index is -0.421. The van der Waals surface area contributed by atoms with Crippen molar-refractivity contribution in [2.24, 2.45) is 0 Å². The van der Waals surface area contributed by atoms with Crippen molar-refractivity contribution in [3.8, 4) is 0 Å². The third-order valence-corrected chi connectivity index (χ3v) is 2.50. The van der Waals surface area contributed by atoms with Crippen LogP contribution in [0.3, 0.4) is 0 Å². The van der Waals surface area contributed by atoms with Crippen LogP contribution in [0.4, 0.5) is 0 Å². The molecule has 0 aliphatic rings. The molecule has 0 bridgehead atoms. The lowest BCUT2D eigenvalue weighted by atomic mass is 10.2. The van der Waals surface area contributed by atoms with Crippen LogP contribution in [-0.2, 0) is 11.3 Å². The van der Waals surface area contributed by atoms with E-state index >= 15 is 0 Å². The molecule has 0 saturated carbocycles. The zero-order chi connectivity index (χ0) is 12.3. The highest BCUT2D eigenvalue weighted by atomic mass is 16.5. The molecule has 0 aromatic heterocycles. The summed E-state index contributed by atoms with van der Waals surface area (Å²) >= 11 is 0. The molecule has 0 spiro atoms. The highest BCUT2D eigenvalue weighted by molar-refractivity contribution is 5.14. The molecule has 0 radical (unpaired) electrons. The Morgan fingerprint density at radius 2 is 2.06 bits per heavy atom. The largest absolute Gasteiger partial charge is 0.389 e. The molecule has 3 nitrogen and oxygen atoms in total. The summed E-state index contributed by atoms with van der Waals surface area (Å²) in [6.45, 7) is 4.64. The van der Waals surface area contributed by atoms with Gasteiger partial charge >= 0.3 is 0 Å². The van der Waals surface area contributed by atoms with Gasteiger partial charge in [-0.3, -0.25) is 0 Å². The van der Waals surface area contributed by atoms with E-state index in [1.165, 1.54) is 5.56 Å². The SMILES string of the molecule is CCCCOCC(O)CNCc1ccccc1. The zero-order valence-corrected chi connectivity index (χ0v) is 10.6. The maximum Gasteiger partial charge on any atom is 0.0897 e. The van der Waals surface area contributed by atoms with Crippen LogP contribution >= 0.6 is 0 Å². The second kappa shape index (κ2) is 9.16. The van der Waals surface area contributed by atoms with E-state index in [1.807, 2.05) is 18.2 Å². The average molecular weight is 237 g/mol. The molecule has 17 heavy (non-hydrogen) atoms. The number of hydrogen-bond donors (Lipinski definition) is 2. The molecule has 0 aliphatic heterocycles. The van der Waals surface area contributed by atoms with Crippen molar-refractivity contribution < 1.29 is 9.84 Å². The number of unbranched alkanes of at least 4 members (excludes halogenated alkanes) is 1. The van der Waals surface area contributed by atoms with E-state index in [0.717, 1.165) is 26.0 Å². The summed E-state index contributed by atoms with van der Waals surface area (Å²) in [5.74, 6) is 0. The molecule has 1 rings (SSSR count). The van der Waals surface area contributed by atoms with Gasteiger partial charge in [-0.25, -0.2) is 0 Å². The first kappa shape index (κ1) is 14.2. The Hall–Kier alpha value is -0.900. The second-order valence-corrected chi connectivity index (χ2v) is 4.20. The number of ether oxygens (including phenoxy) is 1. The molecule has 1 atom stereocenters. The predicted octanol–water partition coefficient (Wildman–Crippen LogP) is 1.95. The first-order valence-corrected chi connectivity index (χ1v) is 6.33. The zero-order valence-electron chi connectivity index (χ0n) is 10.6. The minimum absolute atomic E-state index is 0.418. The van der Waals surface area contributed by atoms with Gasteiger partial charge in [-0.2, -0.15) is 0 Å². The molecular weight excluding hydrogens is 214 g/mol. The fourth-order valence-corrected chi connectivity index (χ4v) is 1.50.